The Hall–Kier alpha value is -2.96. The number of hydrogen-bond acceptors (Lipinski definition) is 5. The van der Waals surface area contributed by atoms with E-state index in [1.807, 2.05) is 13.0 Å². The minimum atomic E-state index is -0.615. The molecular weight excluding hydrogens is 346 g/mol. The summed E-state index contributed by atoms with van der Waals surface area (Å²) in [6, 6.07) is 9.25. The highest BCUT2D eigenvalue weighted by atomic mass is 16.6. The predicted molar refractivity (Wildman–Crippen MR) is 101 cm³/mol. The fourth-order valence-corrected chi connectivity index (χ4v) is 3.31. The van der Waals surface area contributed by atoms with Gasteiger partial charge in [0, 0.05) is 6.92 Å². The smallest absolute Gasteiger partial charge is 0.406 e. The van der Waals surface area contributed by atoms with Gasteiger partial charge >= 0.3 is 5.82 Å². The van der Waals surface area contributed by atoms with Crippen molar-refractivity contribution >= 4 is 11.7 Å². The Bertz CT molecular complexity index is 866. The van der Waals surface area contributed by atoms with Crippen molar-refractivity contribution in [1.29, 1.82) is 0 Å². The molecule has 1 aliphatic carbocycles. The molecule has 1 atom stereocenters. The standard InChI is InChI=1S/C20H23N3O4/c1-13-7-10-18(20(21-13)23(25)26)27-12-19(24)22-14(2)16-9-8-15-5-3-4-6-17(15)11-16/h7-11,14H,3-6,12H2,1-2H3,(H,22,24). The number of nitrogens with zero attached hydrogens (tertiary/aromatic N) is 2. The minimum Gasteiger partial charge on any atom is -0.476 e. The molecule has 7 heteroatoms. The van der Waals surface area contributed by atoms with E-state index in [1.165, 1.54) is 30.0 Å². The number of nitrogens with one attached hydrogen (secondary N) is 1. The molecule has 0 aliphatic heterocycles. The Morgan fingerprint density at radius 1 is 1.26 bits per heavy atom. The van der Waals surface area contributed by atoms with E-state index in [0.29, 0.717) is 5.69 Å². The number of aromatic nitrogens is 1. The Morgan fingerprint density at radius 3 is 2.74 bits per heavy atom. The number of carbonyl (C=O) groups excluding carboxylic acids is 1. The first-order chi connectivity index (χ1) is 12.9. The Labute approximate surface area is 157 Å². The van der Waals surface area contributed by atoms with Crippen LogP contribution in [0.1, 0.15) is 48.2 Å². The molecule has 1 N–H and O–H groups in total. The van der Waals surface area contributed by atoms with E-state index in [2.05, 4.69) is 22.4 Å². The third-order valence-corrected chi connectivity index (χ3v) is 4.76. The molecule has 1 unspecified atom stereocenters. The van der Waals surface area contributed by atoms with Crippen molar-refractivity contribution in [3.8, 4) is 5.75 Å². The maximum atomic E-state index is 12.2. The summed E-state index contributed by atoms with van der Waals surface area (Å²) < 4.78 is 5.33. The molecule has 0 saturated heterocycles. The van der Waals surface area contributed by atoms with Gasteiger partial charge in [-0.3, -0.25) is 4.79 Å². The van der Waals surface area contributed by atoms with Crippen LogP contribution in [0.15, 0.2) is 30.3 Å². The summed E-state index contributed by atoms with van der Waals surface area (Å²) in [7, 11) is 0. The van der Waals surface area contributed by atoms with Crippen LogP contribution in [0, 0.1) is 17.0 Å². The second-order valence-electron chi connectivity index (χ2n) is 6.84. The number of pyridine rings is 1. The van der Waals surface area contributed by atoms with E-state index in [4.69, 9.17) is 4.74 Å². The molecule has 0 fully saturated rings. The normalized spacial score (nSPS) is 14.1. The summed E-state index contributed by atoms with van der Waals surface area (Å²) in [5.74, 6) is -0.734. The molecule has 1 heterocycles. The van der Waals surface area contributed by atoms with Crippen molar-refractivity contribution in [2.24, 2.45) is 0 Å². The summed E-state index contributed by atoms with van der Waals surface area (Å²) in [6.07, 6.45) is 4.63. The first kappa shape index (κ1) is 18.8. The van der Waals surface area contributed by atoms with E-state index in [9.17, 15) is 14.9 Å². The molecule has 142 valence electrons. The number of aryl methyl sites for hydroxylation is 3. The maximum Gasteiger partial charge on any atom is 0.406 e. The van der Waals surface area contributed by atoms with E-state index < -0.39 is 4.92 Å². The molecule has 0 spiro atoms. The lowest BCUT2D eigenvalue weighted by Gasteiger charge is -2.20. The lowest BCUT2D eigenvalue weighted by molar-refractivity contribution is -0.390. The Morgan fingerprint density at radius 2 is 2.00 bits per heavy atom. The van der Waals surface area contributed by atoms with Gasteiger partial charge in [0.1, 0.15) is 5.69 Å². The quantitative estimate of drug-likeness (QED) is 0.622. The molecule has 1 amide bonds. The molecular formula is C20H23N3O4. The third-order valence-electron chi connectivity index (χ3n) is 4.76. The fourth-order valence-electron chi connectivity index (χ4n) is 3.31. The highest BCUT2D eigenvalue weighted by Gasteiger charge is 2.19. The zero-order valence-corrected chi connectivity index (χ0v) is 15.5. The predicted octanol–water partition coefficient (Wildman–Crippen LogP) is 3.43. The van der Waals surface area contributed by atoms with Gasteiger partial charge in [0.15, 0.2) is 6.61 Å². The van der Waals surface area contributed by atoms with Crippen LogP contribution in [0.5, 0.6) is 5.75 Å². The first-order valence-electron chi connectivity index (χ1n) is 9.10. The first-order valence-corrected chi connectivity index (χ1v) is 9.10. The summed E-state index contributed by atoms with van der Waals surface area (Å²) in [5.41, 5.74) is 4.31. The lowest BCUT2D eigenvalue weighted by Crippen LogP contribution is -2.31. The summed E-state index contributed by atoms with van der Waals surface area (Å²) >= 11 is 0. The molecule has 27 heavy (non-hydrogen) atoms. The van der Waals surface area contributed by atoms with Crippen molar-refractivity contribution in [2.45, 2.75) is 45.6 Å². The number of nitro groups is 1. The van der Waals surface area contributed by atoms with Gasteiger partial charge in [-0.2, -0.15) is 0 Å². The molecule has 1 aliphatic rings. The lowest BCUT2D eigenvalue weighted by atomic mass is 9.89. The third kappa shape index (κ3) is 4.61. The monoisotopic (exact) mass is 369 g/mol. The van der Waals surface area contributed by atoms with Crippen LogP contribution in [0.4, 0.5) is 5.82 Å². The second-order valence-corrected chi connectivity index (χ2v) is 6.84. The van der Waals surface area contributed by atoms with Gasteiger partial charge in [0.25, 0.3) is 5.91 Å². The highest BCUT2D eigenvalue weighted by molar-refractivity contribution is 5.78. The maximum absolute atomic E-state index is 12.2. The SMILES string of the molecule is Cc1ccc(OCC(=O)NC(C)c2ccc3c(c2)CCCC3)c([N+](=O)[O-])n1. The molecule has 0 saturated carbocycles. The Balaban J connectivity index is 1.60. The van der Waals surface area contributed by atoms with E-state index >= 15 is 0 Å². The molecule has 7 nitrogen and oxygen atoms in total. The number of rotatable bonds is 6. The number of benzene rings is 1. The van der Waals surface area contributed by atoms with Crippen molar-refractivity contribution < 1.29 is 14.5 Å². The number of fused-ring (bicyclic) bond motifs is 1. The van der Waals surface area contributed by atoms with Crippen LogP contribution in [-0.4, -0.2) is 22.4 Å². The van der Waals surface area contributed by atoms with Crippen LogP contribution in [0.3, 0.4) is 0 Å². The largest absolute Gasteiger partial charge is 0.476 e. The molecule has 1 aromatic carbocycles. The van der Waals surface area contributed by atoms with Crippen LogP contribution in [-0.2, 0) is 17.6 Å². The van der Waals surface area contributed by atoms with Crippen LogP contribution in [0.25, 0.3) is 0 Å². The van der Waals surface area contributed by atoms with Gasteiger partial charge in [0.2, 0.25) is 5.75 Å². The highest BCUT2D eigenvalue weighted by Crippen LogP contribution is 2.26. The Kier molecular flexibility index (Phi) is 5.69. The average molecular weight is 369 g/mol. The topological polar surface area (TPSA) is 94.4 Å². The number of ether oxygens (including phenoxy) is 1. The number of amides is 1. The number of hydrogen-bond donors (Lipinski definition) is 1. The molecule has 0 radical (unpaired) electrons. The number of carbonyl (C=O) groups is 1. The fraction of sp³-hybridized carbons (Fsp3) is 0.400. The van der Waals surface area contributed by atoms with Gasteiger partial charge in [-0.25, -0.2) is 0 Å². The molecule has 2 aromatic rings. The molecule has 3 rings (SSSR count). The van der Waals surface area contributed by atoms with Gasteiger partial charge in [-0.05, 0) is 71.3 Å². The van der Waals surface area contributed by atoms with Crippen molar-refractivity contribution in [2.75, 3.05) is 6.61 Å². The zero-order valence-electron chi connectivity index (χ0n) is 15.5. The minimum absolute atomic E-state index is 0.0119. The molecule has 1 aromatic heterocycles. The molecule has 0 bridgehead atoms. The second kappa shape index (κ2) is 8.16. The zero-order chi connectivity index (χ0) is 19.4. The summed E-state index contributed by atoms with van der Waals surface area (Å²) in [6.45, 7) is 3.27. The van der Waals surface area contributed by atoms with Crippen molar-refractivity contribution in [1.82, 2.24) is 10.3 Å². The van der Waals surface area contributed by atoms with Crippen LogP contribution < -0.4 is 10.1 Å². The summed E-state index contributed by atoms with van der Waals surface area (Å²) in [4.78, 5) is 26.5. The van der Waals surface area contributed by atoms with Gasteiger partial charge < -0.3 is 20.2 Å². The van der Waals surface area contributed by atoms with E-state index in [0.717, 1.165) is 18.4 Å². The summed E-state index contributed by atoms with van der Waals surface area (Å²) in [5, 5.41) is 13.9. The van der Waals surface area contributed by atoms with Crippen molar-refractivity contribution in [3.63, 3.8) is 0 Å². The van der Waals surface area contributed by atoms with Crippen LogP contribution >= 0.6 is 0 Å². The van der Waals surface area contributed by atoms with Gasteiger partial charge in [0.05, 0.1) is 6.04 Å². The average Bonchev–Trinajstić information content (AvgIpc) is 2.66. The van der Waals surface area contributed by atoms with Gasteiger partial charge in [-0.1, -0.05) is 18.2 Å². The van der Waals surface area contributed by atoms with E-state index in [-0.39, 0.29) is 30.1 Å². The van der Waals surface area contributed by atoms with E-state index in [1.54, 1.807) is 13.0 Å². The van der Waals surface area contributed by atoms with Crippen LogP contribution in [0.2, 0.25) is 0 Å². The van der Waals surface area contributed by atoms with Gasteiger partial charge in [-0.15, -0.1) is 0 Å². The van der Waals surface area contributed by atoms with Crippen molar-refractivity contribution in [3.05, 3.63) is 62.8 Å².